The summed E-state index contributed by atoms with van der Waals surface area (Å²) in [5.41, 5.74) is 9.17. The van der Waals surface area contributed by atoms with E-state index in [2.05, 4.69) is 65.5 Å². The van der Waals surface area contributed by atoms with Gasteiger partial charge in [0.2, 0.25) is 0 Å². The maximum atomic E-state index is 14.7. The fourth-order valence-corrected chi connectivity index (χ4v) is 6.17. The van der Waals surface area contributed by atoms with Crippen LogP contribution in [-0.2, 0) is 6.54 Å². The summed E-state index contributed by atoms with van der Waals surface area (Å²) in [7, 11) is 4.03. The Hall–Kier alpha value is -4.60. The van der Waals surface area contributed by atoms with Crippen molar-refractivity contribution in [3.8, 4) is 33.8 Å². The Morgan fingerprint density at radius 3 is 2.59 bits per heavy atom. The van der Waals surface area contributed by atoms with Crippen molar-refractivity contribution in [1.82, 2.24) is 34.9 Å². The van der Waals surface area contributed by atoms with Crippen molar-refractivity contribution in [2.75, 3.05) is 45.6 Å². The molecule has 0 unspecified atom stereocenters. The Kier molecular flexibility index (Phi) is 7.80. The minimum atomic E-state index is -0.301. The molecule has 0 spiro atoms. The van der Waals surface area contributed by atoms with Crippen molar-refractivity contribution in [2.45, 2.75) is 25.8 Å². The number of hydrogen-bond acceptors (Lipinski definition) is 6. The van der Waals surface area contributed by atoms with Crippen LogP contribution in [0.5, 0.6) is 0 Å². The number of H-pyrrole nitrogens is 2. The number of likely N-dealkylation sites (tertiary alicyclic amines) is 1. The number of halogens is 1. The first-order chi connectivity index (χ1) is 21.5. The number of pyridine rings is 2. The molecule has 5 heterocycles. The lowest BCUT2D eigenvalue weighted by Crippen LogP contribution is -2.29. The van der Waals surface area contributed by atoms with Gasteiger partial charge < -0.3 is 15.2 Å². The van der Waals surface area contributed by atoms with E-state index in [1.54, 1.807) is 6.20 Å². The number of aromatic nitrogens is 5. The summed E-state index contributed by atoms with van der Waals surface area (Å²) < 4.78 is 14.7. The maximum Gasteiger partial charge on any atom is 0.125 e. The van der Waals surface area contributed by atoms with E-state index in [0.29, 0.717) is 0 Å². The van der Waals surface area contributed by atoms with E-state index >= 15 is 0 Å². The number of nitrogens with one attached hydrogen (secondary N) is 3. The third kappa shape index (κ3) is 5.93. The molecule has 1 fully saturated rings. The summed E-state index contributed by atoms with van der Waals surface area (Å²) in [6.07, 6.45) is 9.55. The van der Waals surface area contributed by atoms with Gasteiger partial charge in [-0.2, -0.15) is 5.10 Å². The monoisotopic (exact) mass is 588 g/mol. The van der Waals surface area contributed by atoms with Crippen molar-refractivity contribution in [2.24, 2.45) is 0 Å². The Morgan fingerprint density at radius 2 is 1.73 bits per heavy atom. The van der Waals surface area contributed by atoms with Gasteiger partial charge in [-0.1, -0.05) is 12.5 Å². The molecule has 3 N–H and O–H groups in total. The number of piperidine rings is 1. The molecule has 1 aliphatic heterocycles. The van der Waals surface area contributed by atoms with Crippen molar-refractivity contribution < 1.29 is 4.39 Å². The van der Waals surface area contributed by atoms with Crippen LogP contribution in [0.25, 0.3) is 55.6 Å². The molecule has 6 aromatic rings. The van der Waals surface area contributed by atoms with E-state index in [1.165, 1.54) is 37.0 Å². The second kappa shape index (κ2) is 12.2. The molecule has 1 aliphatic rings. The predicted molar refractivity (Wildman–Crippen MR) is 176 cm³/mol. The Bertz CT molecular complexity index is 1920. The first-order valence-electron chi connectivity index (χ1n) is 15.3. The lowest BCUT2D eigenvalue weighted by atomic mass is 10.0. The Balaban J connectivity index is 1.21. The van der Waals surface area contributed by atoms with Gasteiger partial charge in [-0.25, -0.2) is 4.39 Å². The zero-order chi connectivity index (χ0) is 30.0. The normalized spacial score (nSPS) is 14.2. The topological polar surface area (TPSA) is 88.8 Å². The average Bonchev–Trinajstić information content (AvgIpc) is 3.65. The van der Waals surface area contributed by atoms with Gasteiger partial charge in [0, 0.05) is 71.3 Å². The molecular formula is C35H37FN8. The van der Waals surface area contributed by atoms with Crippen LogP contribution < -0.4 is 5.32 Å². The van der Waals surface area contributed by atoms with Gasteiger partial charge in [-0.05, 0) is 99.7 Å². The zero-order valence-electron chi connectivity index (χ0n) is 25.2. The number of rotatable bonds is 9. The minimum absolute atomic E-state index is 0.301. The molecule has 0 saturated carbocycles. The maximum absolute atomic E-state index is 14.7. The Morgan fingerprint density at radius 1 is 0.864 bits per heavy atom. The van der Waals surface area contributed by atoms with E-state index < -0.39 is 0 Å². The van der Waals surface area contributed by atoms with Gasteiger partial charge in [0.15, 0.2) is 0 Å². The van der Waals surface area contributed by atoms with Gasteiger partial charge in [0.05, 0.1) is 16.9 Å². The van der Waals surface area contributed by atoms with Crippen LogP contribution in [0.4, 0.5) is 10.1 Å². The van der Waals surface area contributed by atoms with Crippen LogP contribution in [0.1, 0.15) is 24.8 Å². The summed E-state index contributed by atoms with van der Waals surface area (Å²) in [5, 5.41) is 13.1. The van der Waals surface area contributed by atoms with Crippen LogP contribution >= 0.6 is 0 Å². The number of benzene rings is 2. The van der Waals surface area contributed by atoms with Crippen molar-refractivity contribution >= 4 is 27.5 Å². The van der Waals surface area contributed by atoms with Crippen molar-refractivity contribution in [3.05, 3.63) is 84.6 Å². The van der Waals surface area contributed by atoms with Gasteiger partial charge in [-0.15, -0.1) is 0 Å². The predicted octanol–water partition coefficient (Wildman–Crippen LogP) is 6.93. The third-order valence-corrected chi connectivity index (χ3v) is 8.41. The molecule has 1 saturated heterocycles. The summed E-state index contributed by atoms with van der Waals surface area (Å²) in [4.78, 5) is 17.4. The molecule has 4 aromatic heterocycles. The highest BCUT2D eigenvalue weighted by molar-refractivity contribution is 6.01. The molecule has 0 amide bonds. The largest absolute Gasteiger partial charge is 0.384 e. The van der Waals surface area contributed by atoms with Crippen LogP contribution in [-0.4, -0.2) is 75.2 Å². The fourth-order valence-electron chi connectivity index (χ4n) is 6.17. The van der Waals surface area contributed by atoms with E-state index in [-0.39, 0.29) is 5.82 Å². The van der Waals surface area contributed by atoms with E-state index in [9.17, 15) is 4.39 Å². The average molecular weight is 589 g/mol. The van der Waals surface area contributed by atoms with Crippen LogP contribution in [0.15, 0.2) is 73.2 Å². The standard InChI is InChI=1S/C35H37FN8/c1-43(2)13-10-38-28-16-25(15-27(36)18-28)34-30-19-33(40-31(30)8-9-39-34)35-29-17-24(6-7-32(29)41-42-35)26-14-23(20-37-21-26)22-44-11-4-3-5-12-44/h6-9,14-21,38,40H,3-5,10-13,22H2,1-2H3,(H,41,42). The lowest BCUT2D eigenvalue weighted by Gasteiger charge is -2.26. The van der Waals surface area contributed by atoms with Gasteiger partial charge in [0.25, 0.3) is 0 Å². The van der Waals surface area contributed by atoms with Crippen molar-refractivity contribution in [1.29, 1.82) is 0 Å². The van der Waals surface area contributed by atoms with Crippen LogP contribution in [0, 0.1) is 5.82 Å². The number of fused-ring (bicyclic) bond motifs is 2. The molecule has 44 heavy (non-hydrogen) atoms. The molecule has 9 heteroatoms. The molecule has 2 aromatic carbocycles. The number of hydrogen-bond donors (Lipinski definition) is 3. The summed E-state index contributed by atoms with van der Waals surface area (Å²) in [5.74, 6) is -0.301. The number of nitrogens with zero attached hydrogens (tertiary/aromatic N) is 5. The van der Waals surface area contributed by atoms with Gasteiger partial charge >= 0.3 is 0 Å². The highest BCUT2D eigenvalue weighted by Gasteiger charge is 2.17. The van der Waals surface area contributed by atoms with Gasteiger partial charge in [-0.3, -0.25) is 20.0 Å². The molecule has 224 valence electrons. The molecule has 0 radical (unpaired) electrons. The Labute approximate surface area is 256 Å². The van der Waals surface area contributed by atoms with E-state index in [0.717, 1.165) is 94.0 Å². The molecule has 7 rings (SSSR count). The second-order valence-corrected chi connectivity index (χ2v) is 12.0. The number of aromatic amines is 2. The molecule has 0 aliphatic carbocycles. The third-order valence-electron chi connectivity index (χ3n) is 8.41. The smallest absolute Gasteiger partial charge is 0.125 e. The van der Waals surface area contributed by atoms with Crippen molar-refractivity contribution in [3.63, 3.8) is 0 Å². The highest BCUT2D eigenvalue weighted by atomic mass is 19.1. The van der Waals surface area contributed by atoms with Gasteiger partial charge in [0.1, 0.15) is 11.5 Å². The quantitative estimate of drug-likeness (QED) is 0.170. The summed E-state index contributed by atoms with van der Waals surface area (Å²) >= 11 is 0. The minimum Gasteiger partial charge on any atom is -0.384 e. The zero-order valence-corrected chi connectivity index (χ0v) is 25.2. The van der Waals surface area contributed by atoms with Crippen LogP contribution in [0.2, 0.25) is 0 Å². The first-order valence-corrected chi connectivity index (χ1v) is 15.3. The summed E-state index contributed by atoms with van der Waals surface area (Å²) in [6.45, 7) is 4.81. The SMILES string of the molecule is CN(C)CCNc1cc(F)cc(-c2nccc3[nH]c(-c4n[nH]c5ccc(-c6cncc(CN7CCCCC7)c6)cc45)cc23)c1. The molecule has 0 bridgehead atoms. The van der Waals surface area contributed by atoms with E-state index in [4.69, 9.17) is 5.10 Å². The fraction of sp³-hybridized carbons (Fsp3) is 0.286. The second-order valence-electron chi connectivity index (χ2n) is 12.0. The molecule has 8 nitrogen and oxygen atoms in total. The molecule has 0 atom stereocenters. The highest BCUT2D eigenvalue weighted by Crippen LogP contribution is 2.35. The lowest BCUT2D eigenvalue weighted by molar-refractivity contribution is 0.220. The number of anilines is 1. The van der Waals surface area contributed by atoms with Crippen LogP contribution in [0.3, 0.4) is 0 Å². The number of likely N-dealkylation sites (N-methyl/N-ethyl adjacent to an activating group) is 1. The first kappa shape index (κ1) is 28.2. The molecular weight excluding hydrogens is 551 g/mol. The summed E-state index contributed by atoms with van der Waals surface area (Å²) in [6, 6.07) is 17.6. The van der Waals surface area contributed by atoms with E-state index in [1.807, 2.05) is 38.6 Å².